The lowest BCUT2D eigenvalue weighted by Gasteiger charge is -2.07. The van der Waals surface area contributed by atoms with Gasteiger partial charge in [-0.1, -0.05) is 23.2 Å². The van der Waals surface area contributed by atoms with Crippen molar-refractivity contribution >= 4 is 40.8 Å². The first-order valence-corrected chi connectivity index (χ1v) is 6.49. The second-order valence-electron chi connectivity index (χ2n) is 4.11. The maximum absolute atomic E-state index is 11.9. The molecule has 0 aliphatic heterocycles. The molecule has 1 heterocycles. The van der Waals surface area contributed by atoms with Gasteiger partial charge in [0.05, 0.1) is 22.3 Å². The van der Waals surface area contributed by atoms with Crippen molar-refractivity contribution in [2.45, 2.75) is 6.54 Å². The van der Waals surface area contributed by atoms with Crippen molar-refractivity contribution in [1.29, 1.82) is 0 Å². The number of carboxylic acids is 1. The van der Waals surface area contributed by atoms with E-state index in [1.165, 1.54) is 24.3 Å². The van der Waals surface area contributed by atoms with E-state index in [0.29, 0.717) is 5.76 Å². The Morgan fingerprint density at radius 2 is 1.86 bits per heavy atom. The highest BCUT2D eigenvalue weighted by Crippen LogP contribution is 2.28. The molecule has 0 aliphatic carbocycles. The van der Waals surface area contributed by atoms with E-state index < -0.39 is 11.9 Å². The smallest absolute Gasteiger partial charge is 0.371 e. The van der Waals surface area contributed by atoms with Gasteiger partial charge in [0, 0.05) is 5.56 Å². The second kappa shape index (κ2) is 6.07. The summed E-state index contributed by atoms with van der Waals surface area (Å²) in [7, 11) is 0. The van der Waals surface area contributed by atoms with Crippen molar-refractivity contribution in [3.63, 3.8) is 0 Å². The van der Waals surface area contributed by atoms with Gasteiger partial charge in [0.15, 0.2) is 0 Å². The Bertz CT molecular complexity index is 689. The van der Waals surface area contributed by atoms with E-state index in [1.54, 1.807) is 0 Å². The molecule has 6 nitrogen and oxygen atoms in total. The Hall–Kier alpha value is -2.18. The fourth-order valence-electron chi connectivity index (χ4n) is 1.57. The molecule has 0 unspecified atom stereocenters. The molecule has 110 valence electrons. The molecule has 21 heavy (non-hydrogen) atoms. The van der Waals surface area contributed by atoms with E-state index in [1.807, 2.05) is 0 Å². The molecule has 0 fully saturated rings. The van der Waals surface area contributed by atoms with Gasteiger partial charge in [-0.3, -0.25) is 4.79 Å². The number of rotatable bonds is 4. The number of hydrogen-bond acceptors (Lipinski definition) is 4. The van der Waals surface area contributed by atoms with E-state index in [0.717, 1.165) is 0 Å². The highest BCUT2D eigenvalue weighted by molar-refractivity contribution is 6.39. The van der Waals surface area contributed by atoms with Crippen molar-refractivity contribution in [2.75, 3.05) is 5.73 Å². The third-order valence-electron chi connectivity index (χ3n) is 2.64. The fourth-order valence-corrected chi connectivity index (χ4v) is 2.06. The maximum atomic E-state index is 11.9. The van der Waals surface area contributed by atoms with Gasteiger partial charge in [0.1, 0.15) is 5.76 Å². The van der Waals surface area contributed by atoms with Crippen LogP contribution in [0.15, 0.2) is 28.7 Å². The summed E-state index contributed by atoms with van der Waals surface area (Å²) in [6.45, 7) is 0.0335. The molecule has 2 aromatic rings. The number of carboxylic acid groups (broad SMARTS) is 1. The number of nitrogens with one attached hydrogen (secondary N) is 1. The van der Waals surface area contributed by atoms with E-state index in [2.05, 4.69) is 5.32 Å². The average molecular weight is 329 g/mol. The van der Waals surface area contributed by atoms with Crippen LogP contribution in [0.2, 0.25) is 10.0 Å². The largest absolute Gasteiger partial charge is 0.475 e. The van der Waals surface area contributed by atoms with Crippen molar-refractivity contribution < 1.29 is 19.1 Å². The Balaban J connectivity index is 2.06. The number of nitrogen functional groups attached to an aromatic ring is 1. The quantitative estimate of drug-likeness (QED) is 0.748. The summed E-state index contributed by atoms with van der Waals surface area (Å²) in [6, 6.07) is 5.55. The fraction of sp³-hybridized carbons (Fsp3) is 0.0769. The lowest BCUT2D eigenvalue weighted by atomic mass is 10.2. The lowest BCUT2D eigenvalue weighted by molar-refractivity contribution is 0.0660. The van der Waals surface area contributed by atoms with E-state index in [9.17, 15) is 9.59 Å². The summed E-state index contributed by atoms with van der Waals surface area (Å²) >= 11 is 11.7. The molecule has 1 amide bonds. The predicted molar refractivity (Wildman–Crippen MR) is 77.7 cm³/mol. The van der Waals surface area contributed by atoms with Crippen molar-refractivity contribution in [1.82, 2.24) is 5.32 Å². The van der Waals surface area contributed by atoms with Gasteiger partial charge in [-0.2, -0.15) is 0 Å². The zero-order valence-corrected chi connectivity index (χ0v) is 12.0. The third-order valence-corrected chi connectivity index (χ3v) is 3.26. The molecule has 1 aromatic carbocycles. The topological polar surface area (TPSA) is 106 Å². The van der Waals surface area contributed by atoms with Gasteiger partial charge in [0.25, 0.3) is 5.91 Å². The van der Waals surface area contributed by atoms with Gasteiger partial charge >= 0.3 is 5.97 Å². The molecule has 0 aliphatic rings. The van der Waals surface area contributed by atoms with Crippen LogP contribution < -0.4 is 11.1 Å². The summed E-state index contributed by atoms with van der Waals surface area (Å²) in [5, 5.41) is 11.6. The molecule has 0 radical (unpaired) electrons. The van der Waals surface area contributed by atoms with Crippen LogP contribution in [0.25, 0.3) is 0 Å². The third kappa shape index (κ3) is 3.48. The number of hydrogen-bond donors (Lipinski definition) is 3. The number of benzene rings is 1. The van der Waals surface area contributed by atoms with Crippen LogP contribution in [0, 0.1) is 0 Å². The van der Waals surface area contributed by atoms with Gasteiger partial charge in [-0.25, -0.2) is 4.79 Å². The number of furan rings is 1. The number of nitrogens with two attached hydrogens (primary N) is 1. The summed E-state index contributed by atoms with van der Waals surface area (Å²) in [5.41, 5.74) is 6.02. The van der Waals surface area contributed by atoms with E-state index in [-0.39, 0.29) is 33.6 Å². The molecule has 8 heteroatoms. The number of carbonyl (C=O) groups excluding carboxylic acids is 1. The number of carbonyl (C=O) groups is 2. The minimum Gasteiger partial charge on any atom is -0.475 e. The first-order valence-electron chi connectivity index (χ1n) is 5.73. The molecule has 0 saturated carbocycles. The molecule has 0 atom stereocenters. The molecule has 0 bridgehead atoms. The summed E-state index contributed by atoms with van der Waals surface area (Å²) in [4.78, 5) is 22.6. The zero-order valence-electron chi connectivity index (χ0n) is 10.5. The van der Waals surface area contributed by atoms with Crippen LogP contribution in [-0.4, -0.2) is 17.0 Å². The monoisotopic (exact) mass is 328 g/mol. The molecule has 4 N–H and O–H groups in total. The van der Waals surface area contributed by atoms with Crippen LogP contribution in [-0.2, 0) is 6.54 Å². The van der Waals surface area contributed by atoms with Crippen LogP contribution in [0.3, 0.4) is 0 Å². The lowest BCUT2D eigenvalue weighted by Crippen LogP contribution is -2.22. The van der Waals surface area contributed by atoms with Crippen LogP contribution >= 0.6 is 23.2 Å². The highest BCUT2D eigenvalue weighted by Gasteiger charge is 2.13. The molecular formula is C13H10Cl2N2O4. The molecule has 0 spiro atoms. The number of halogens is 2. The summed E-state index contributed by atoms with van der Waals surface area (Å²) in [5.74, 6) is -1.50. The van der Waals surface area contributed by atoms with E-state index >= 15 is 0 Å². The molecule has 2 rings (SSSR count). The minimum absolute atomic E-state index is 0.0335. The number of anilines is 1. The van der Waals surface area contributed by atoms with Crippen LogP contribution in [0.4, 0.5) is 5.69 Å². The van der Waals surface area contributed by atoms with Crippen LogP contribution in [0.1, 0.15) is 26.7 Å². The Kier molecular flexibility index (Phi) is 4.40. The average Bonchev–Trinajstić information content (AvgIpc) is 2.90. The summed E-state index contributed by atoms with van der Waals surface area (Å²) in [6.07, 6.45) is 0. The highest BCUT2D eigenvalue weighted by atomic mass is 35.5. The number of aromatic carboxylic acids is 1. The van der Waals surface area contributed by atoms with Crippen LogP contribution in [0.5, 0.6) is 0 Å². The first-order chi connectivity index (χ1) is 9.88. The zero-order chi connectivity index (χ0) is 15.6. The second-order valence-corrected chi connectivity index (χ2v) is 4.92. The van der Waals surface area contributed by atoms with Gasteiger partial charge < -0.3 is 20.6 Å². The minimum atomic E-state index is -1.18. The molecular weight excluding hydrogens is 319 g/mol. The van der Waals surface area contributed by atoms with Crippen molar-refractivity contribution in [2.24, 2.45) is 0 Å². The summed E-state index contributed by atoms with van der Waals surface area (Å²) < 4.78 is 5.01. The normalized spacial score (nSPS) is 10.4. The van der Waals surface area contributed by atoms with E-state index in [4.69, 9.17) is 38.5 Å². The molecule has 1 aromatic heterocycles. The SMILES string of the molecule is Nc1c(Cl)cc(C(=O)NCc2ccc(C(=O)O)o2)cc1Cl. The van der Waals surface area contributed by atoms with Crippen molar-refractivity contribution in [3.8, 4) is 0 Å². The molecule has 0 saturated heterocycles. The van der Waals surface area contributed by atoms with Gasteiger partial charge in [-0.05, 0) is 24.3 Å². The van der Waals surface area contributed by atoms with Gasteiger partial charge in [-0.15, -0.1) is 0 Å². The standard InChI is InChI=1S/C13H10Cl2N2O4/c14-8-3-6(4-9(15)11(8)16)12(18)17-5-7-1-2-10(21-7)13(19)20/h1-4H,5,16H2,(H,17,18)(H,19,20). The Labute approximate surface area is 129 Å². The van der Waals surface area contributed by atoms with Gasteiger partial charge in [0.2, 0.25) is 5.76 Å². The number of amides is 1. The Morgan fingerprint density at radius 1 is 1.24 bits per heavy atom. The first kappa shape index (κ1) is 15.2. The maximum Gasteiger partial charge on any atom is 0.371 e. The predicted octanol–water partition coefficient (Wildman–Crippen LogP) is 2.80. The van der Waals surface area contributed by atoms with Crippen molar-refractivity contribution in [3.05, 3.63) is 51.4 Å². The Morgan fingerprint density at radius 3 is 2.38 bits per heavy atom.